The molecule has 0 saturated carbocycles. The molecular weight excluding hydrogens is 359 g/mol. The summed E-state index contributed by atoms with van der Waals surface area (Å²) >= 11 is 0. The minimum atomic E-state index is -0.393. The van der Waals surface area contributed by atoms with Gasteiger partial charge in [-0.3, -0.25) is 9.78 Å². The first-order chi connectivity index (χ1) is 13.5. The molecule has 146 valence electrons. The highest BCUT2D eigenvalue weighted by molar-refractivity contribution is 6.06. The van der Waals surface area contributed by atoms with Crippen LogP contribution in [0.1, 0.15) is 28.0 Å². The van der Waals surface area contributed by atoms with Crippen molar-refractivity contribution in [2.75, 3.05) is 20.3 Å². The lowest BCUT2D eigenvalue weighted by atomic mass is 10.1. The van der Waals surface area contributed by atoms with Crippen LogP contribution in [0.5, 0.6) is 5.75 Å². The largest absolute Gasteiger partial charge is 0.496 e. The lowest BCUT2D eigenvalue weighted by Gasteiger charge is -2.24. The van der Waals surface area contributed by atoms with Gasteiger partial charge in [0.2, 0.25) is 0 Å². The van der Waals surface area contributed by atoms with Gasteiger partial charge in [-0.25, -0.2) is 4.39 Å². The molecule has 0 aliphatic rings. The summed E-state index contributed by atoms with van der Waals surface area (Å²) in [6, 6.07) is 13.5. The quantitative estimate of drug-likeness (QED) is 0.677. The molecule has 0 unspecified atom stereocenters. The number of aromatic nitrogens is 1. The molecule has 0 bridgehead atoms. The lowest BCUT2D eigenvalue weighted by molar-refractivity contribution is 0.0732. The number of carbonyl (C=O) groups excluding carboxylic acids is 1. The van der Waals surface area contributed by atoms with E-state index in [2.05, 4.69) is 4.98 Å². The van der Waals surface area contributed by atoms with Crippen molar-refractivity contribution in [3.05, 3.63) is 71.2 Å². The molecule has 0 atom stereocenters. The molecule has 0 saturated heterocycles. The standard InChI is InChI=1S/C22H23FN2O3/c1-15-12-19(18-9-8-17(23)13-20(18)24-15)22(27)25(10-5-11-26)14-16-6-3-4-7-21(16)28-2/h3-4,6-9,12-13,26H,5,10-11,14H2,1-2H3. The molecule has 28 heavy (non-hydrogen) atoms. The molecule has 6 heteroatoms. The van der Waals surface area contributed by atoms with Crippen LogP contribution in [0.15, 0.2) is 48.5 Å². The minimum absolute atomic E-state index is 0.0168. The number of nitrogens with zero attached hydrogens (tertiary/aromatic N) is 2. The number of aliphatic hydroxyl groups excluding tert-OH is 1. The first-order valence-corrected chi connectivity index (χ1v) is 9.12. The third-order valence-electron chi connectivity index (χ3n) is 4.56. The van der Waals surface area contributed by atoms with E-state index < -0.39 is 5.82 Å². The number of ether oxygens (including phenoxy) is 1. The third kappa shape index (κ3) is 4.28. The smallest absolute Gasteiger partial charge is 0.254 e. The Kier molecular flexibility index (Phi) is 6.21. The van der Waals surface area contributed by atoms with E-state index in [-0.39, 0.29) is 12.5 Å². The van der Waals surface area contributed by atoms with Crippen LogP contribution >= 0.6 is 0 Å². The first-order valence-electron chi connectivity index (χ1n) is 9.12. The van der Waals surface area contributed by atoms with Gasteiger partial charge >= 0.3 is 0 Å². The number of methoxy groups -OCH3 is 1. The van der Waals surface area contributed by atoms with E-state index in [1.165, 1.54) is 12.1 Å². The molecule has 5 nitrogen and oxygen atoms in total. The van der Waals surface area contributed by atoms with E-state index in [1.807, 2.05) is 24.3 Å². The van der Waals surface area contributed by atoms with Crippen LogP contribution in [0.4, 0.5) is 4.39 Å². The van der Waals surface area contributed by atoms with E-state index >= 15 is 0 Å². The summed E-state index contributed by atoms with van der Waals surface area (Å²) in [7, 11) is 1.59. The maximum absolute atomic E-state index is 13.6. The number of amides is 1. The van der Waals surface area contributed by atoms with Crippen molar-refractivity contribution in [2.45, 2.75) is 19.9 Å². The summed E-state index contributed by atoms with van der Waals surface area (Å²) in [6.07, 6.45) is 0.456. The third-order valence-corrected chi connectivity index (χ3v) is 4.56. The van der Waals surface area contributed by atoms with Gasteiger partial charge in [0.1, 0.15) is 11.6 Å². The highest BCUT2D eigenvalue weighted by Crippen LogP contribution is 2.24. The van der Waals surface area contributed by atoms with Crippen LogP contribution in [0, 0.1) is 12.7 Å². The average Bonchev–Trinajstić information content (AvgIpc) is 2.69. The van der Waals surface area contributed by atoms with Gasteiger partial charge in [-0.05, 0) is 37.6 Å². The molecule has 0 spiro atoms. The molecule has 0 fully saturated rings. The zero-order valence-electron chi connectivity index (χ0n) is 16.0. The van der Waals surface area contributed by atoms with Crippen molar-refractivity contribution in [2.24, 2.45) is 0 Å². The second kappa shape index (κ2) is 8.80. The predicted octanol–water partition coefficient (Wildman–Crippen LogP) is 3.72. The maximum atomic E-state index is 13.6. The second-order valence-corrected chi connectivity index (χ2v) is 6.59. The highest BCUT2D eigenvalue weighted by Gasteiger charge is 2.20. The molecule has 3 aromatic rings. The monoisotopic (exact) mass is 382 g/mol. The van der Waals surface area contributed by atoms with E-state index in [4.69, 9.17) is 4.74 Å². The molecule has 0 aliphatic heterocycles. The van der Waals surface area contributed by atoms with Crippen molar-refractivity contribution in [1.29, 1.82) is 0 Å². The molecule has 1 amide bonds. The normalized spacial score (nSPS) is 10.9. The highest BCUT2D eigenvalue weighted by atomic mass is 19.1. The molecule has 3 rings (SSSR count). The van der Waals surface area contributed by atoms with Crippen molar-refractivity contribution in [1.82, 2.24) is 9.88 Å². The summed E-state index contributed by atoms with van der Waals surface area (Å²) in [5, 5.41) is 9.87. The number of hydrogen-bond acceptors (Lipinski definition) is 4. The van der Waals surface area contributed by atoms with Crippen LogP contribution in [-0.2, 0) is 6.54 Å². The van der Waals surface area contributed by atoms with Crippen molar-refractivity contribution >= 4 is 16.8 Å². The Bertz CT molecular complexity index is 985. The predicted molar refractivity (Wildman–Crippen MR) is 106 cm³/mol. The molecule has 0 radical (unpaired) electrons. The van der Waals surface area contributed by atoms with Gasteiger partial charge < -0.3 is 14.7 Å². The molecule has 1 aromatic heterocycles. The molecule has 1 heterocycles. The fourth-order valence-electron chi connectivity index (χ4n) is 3.23. The fraction of sp³-hybridized carbons (Fsp3) is 0.273. The number of halogens is 1. The van der Waals surface area contributed by atoms with Gasteiger partial charge in [-0.2, -0.15) is 0 Å². The summed E-state index contributed by atoms with van der Waals surface area (Å²) in [6.45, 7) is 2.49. The average molecular weight is 382 g/mol. The second-order valence-electron chi connectivity index (χ2n) is 6.59. The Labute approximate surface area is 163 Å². The van der Waals surface area contributed by atoms with Gasteiger partial charge in [0, 0.05) is 42.4 Å². The molecule has 0 aliphatic carbocycles. The maximum Gasteiger partial charge on any atom is 0.254 e. The first kappa shape index (κ1) is 19.8. The van der Waals surface area contributed by atoms with Crippen molar-refractivity contribution in [3.8, 4) is 5.75 Å². The minimum Gasteiger partial charge on any atom is -0.496 e. The van der Waals surface area contributed by atoms with Crippen LogP contribution in [0.25, 0.3) is 10.9 Å². The Morgan fingerprint density at radius 3 is 2.75 bits per heavy atom. The lowest BCUT2D eigenvalue weighted by Crippen LogP contribution is -2.32. The number of rotatable bonds is 7. The molecule has 1 N–H and O–H groups in total. The van der Waals surface area contributed by atoms with E-state index in [1.54, 1.807) is 31.1 Å². The number of fused-ring (bicyclic) bond motifs is 1. The van der Waals surface area contributed by atoms with Gasteiger partial charge in [-0.1, -0.05) is 18.2 Å². The van der Waals surface area contributed by atoms with Gasteiger partial charge in [-0.15, -0.1) is 0 Å². The summed E-state index contributed by atoms with van der Waals surface area (Å²) in [4.78, 5) is 19.4. The summed E-state index contributed by atoms with van der Waals surface area (Å²) < 4.78 is 19.0. The van der Waals surface area contributed by atoms with Gasteiger partial charge in [0.15, 0.2) is 0 Å². The zero-order chi connectivity index (χ0) is 20.1. The number of para-hydroxylation sites is 1. The van der Waals surface area contributed by atoms with Gasteiger partial charge in [0.05, 0.1) is 18.2 Å². The van der Waals surface area contributed by atoms with Crippen LogP contribution in [0.2, 0.25) is 0 Å². The van der Waals surface area contributed by atoms with Crippen LogP contribution in [0.3, 0.4) is 0 Å². The Hall–Kier alpha value is -2.99. The number of aryl methyl sites for hydroxylation is 1. The van der Waals surface area contributed by atoms with Crippen molar-refractivity contribution in [3.63, 3.8) is 0 Å². The van der Waals surface area contributed by atoms with Gasteiger partial charge in [0.25, 0.3) is 5.91 Å². The summed E-state index contributed by atoms with van der Waals surface area (Å²) in [5.74, 6) is 0.110. The number of aliphatic hydroxyl groups is 1. The Morgan fingerprint density at radius 2 is 2.00 bits per heavy atom. The molecule has 2 aromatic carbocycles. The Balaban J connectivity index is 2.01. The van der Waals surface area contributed by atoms with E-state index in [0.29, 0.717) is 47.4 Å². The van der Waals surface area contributed by atoms with E-state index in [9.17, 15) is 14.3 Å². The van der Waals surface area contributed by atoms with Crippen molar-refractivity contribution < 1.29 is 19.0 Å². The SMILES string of the molecule is COc1ccccc1CN(CCCO)C(=O)c1cc(C)nc2cc(F)ccc12. The number of carbonyl (C=O) groups is 1. The zero-order valence-corrected chi connectivity index (χ0v) is 16.0. The Morgan fingerprint density at radius 1 is 1.21 bits per heavy atom. The molecular formula is C22H23FN2O3. The summed E-state index contributed by atoms with van der Waals surface area (Å²) in [5.41, 5.74) is 2.43. The topological polar surface area (TPSA) is 62.7 Å². The fourth-order valence-corrected chi connectivity index (χ4v) is 3.23. The van der Waals surface area contributed by atoms with E-state index in [0.717, 1.165) is 5.56 Å². The van der Waals surface area contributed by atoms with Crippen LogP contribution in [-0.4, -0.2) is 41.2 Å². The van der Waals surface area contributed by atoms with Crippen LogP contribution < -0.4 is 4.74 Å². The number of pyridine rings is 1. The number of hydrogen-bond donors (Lipinski definition) is 1. The number of benzene rings is 2.